The Morgan fingerprint density at radius 1 is 0.318 bits per heavy atom. The van der Waals surface area contributed by atoms with E-state index >= 15 is 0 Å². The first-order chi connectivity index (χ1) is 32.5. The summed E-state index contributed by atoms with van der Waals surface area (Å²) in [6, 6.07) is 0. The normalized spacial score (nSPS) is 12.7. The Labute approximate surface area is 407 Å². The van der Waals surface area contributed by atoms with Crippen molar-refractivity contribution in [1.82, 2.24) is 0 Å². The van der Waals surface area contributed by atoms with E-state index in [1.54, 1.807) is 0 Å². The van der Waals surface area contributed by atoms with Crippen molar-refractivity contribution in [3.05, 3.63) is 85.1 Å². The second-order valence-corrected chi connectivity index (χ2v) is 18.1. The molecule has 1 atom stereocenters. The highest BCUT2D eigenvalue weighted by Crippen LogP contribution is 2.15. The van der Waals surface area contributed by atoms with Crippen molar-refractivity contribution in [2.75, 3.05) is 13.2 Å². The van der Waals surface area contributed by atoms with E-state index in [0.717, 1.165) is 122 Å². The maximum absolute atomic E-state index is 12.7. The van der Waals surface area contributed by atoms with Crippen LogP contribution in [0.3, 0.4) is 0 Å². The van der Waals surface area contributed by atoms with Crippen LogP contribution in [-0.2, 0) is 28.6 Å². The van der Waals surface area contributed by atoms with Crippen LogP contribution in [0.4, 0.5) is 0 Å². The summed E-state index contributed by atoms with van der Waals surface area (Å²) >= 11 is 0. The Morgan fingerprint density at radius 2 is 0.591 bits per heavy atom. The summed E-state index contributed by atoms with van der Waals surface area (Å²) in [5.41, 5.74) is 0. The van der Waals surface area contributed by atoms with Gasteiger partial charge in [-0.25, -0.2) is 0 Å². The molecule has 0 bridgehead atoms. The average molecular weight is 919 g/mol. The molecule has 0 spiro atoms. The van der Waals surface area contributed by atoms with Crippen molar-refractivity contribution in [2.24, 2.45) is 0 Å². The Morgan fingerprint density at radius 3 is 0.939 bits per heavy atom. The predicted octanol–water partition coefficient (Wildman–Crippen LogP) is 18.4. The van der Waals surface area contributed by atoms with Crippen LogP contribution in [0.2, 0.25) is 0 Å². The van der Waals surface area contributed by atoms with Gasteiger partial charge in [-0.3, -0.25) is 14.4 Å². The van der Waals surface area contributed by atoms with Gasteiger partial charge in [0, 0.05) is 19.3 Å². The third-order valence-corrected chi connectivity index (χ3v) is 11.6. The topological polar surface area (TPSA) is 78.9 Å². The van der Waals surface area contributed by atoms with E-state index in [1.165, 1.54) is 96.3 Å². The zero-order valence-corrected chi connectivity index (χ0v) is 43.2. The Bertz CT molecular complexity index is 1290. The van der Waals surface area contributed by atoms with Gasteiger partial charge in [-0.15, -0.1) is 0 Å². The molecule has 6 nitrogen and oxygen atoms in total. The van der Waals surface area contributed by atoms with Gasteiger partial charge in [0.1, 0.15) is 13.2 Å². The number of hydrogen-bond donors (Lipinski definition) is 0. The highest BCUT2D eigenvalue weighted by atomic mass is 16.6. The van der Waals surface area contributed by atoms with Crippen molar-refractivity contribution < 1.29 is 28.6 Å². The van der Waals surface area contributed by atoms with Gasteiger partial charge in [0.25, 0.3) is 0 Å². The molecule has 0 radical (unpaired) electrons. The van der Waals surface area contributed by atoms with Crippen LogP contribution in [0.25, 0.3) is 0 Å². The SMILES string of the molecule is CC/C=C\C/C=C\C/C=C\C/C=C\C/C=C\CCCCCCCCCCCCCC(=O)OCC(COC(=O)CCCCCCC)OC(=O)CCCCCCC/C=C\C/C=C\CCCCCC. The van der Waals surface area contributed by atoms with Crippen LogP contribution in [0.15, 0.2) is 85.1 Å². The molecule has 66 heavy (non-hydrogen) atoms. The number of esters is 3. The minimum atomic E-state index is -0.780. The van der Waals surface area contributed by atoms with Crippen molar-refractivity contribution in [2.45, 2.75) is 264 Å². The summed E-state index contributed by atoms with van der Waals surface area (Å²) in [7, 11) is 0. The molecule has 0 aliphatic heterocycles. The monoisotopic (exact) mass is 919 g/mol. The number of allylic oxidation sites excluding steroid dienone is 14. The van der Waals surface area contributed by atoms with E-state index in [1.807, 2.05) is 0 Å². The standard InChI is InChI=1S/C60H102O6/c1-4-7-10-13-15-17-19-21-23-25-26-27-28-29-30-31-32-33-34-35-37-38-40-42-44-47-50-53-59(62)65-56-57(55-64-58(61)52-49-46-12-9-6-3)66-60(63)54-51-48-45-43-41-39-36-24-22-20-18-16-14-11-8-5-2/h7,10,15,17-18,20-21,23-24,26-27,29-30,36,57H,4-6,8-9,11-14,16,19,22,25,28,31-35,37-56H2,1-3H3/b10-7-,17-15-,20-18-,23-21-,27-26-,30-29-,36-24-. The lowest BCUT2D eigenvalue weighted by Crippen LogP contribution is -2.30. The van der Waals surface area contributed by atoms with E-state index in [2.05, 4.69) is 106 Å². The van der Waals surface area contributed by atoms with E-state index in [-0.39, 0.29) is 31.1 Å². The van der Waals surface area contributed by atoms with Crippen LogP contribution in [0.1, 0.15) is 258 Å². The minimum absolute atomic E-state index is 0.0832. The fourth-order valence-electron chi connectivity index (χ4n) is 7.50. The van der Waals surface area contributed by atoms with Gasteiger partial charge in [-0.1, -0.05) is 228 Å². The third-order valence-electron chi connectivity index (χ3n) is 11.6. The number of hydrogen-bond acceptors (Lipinski definition) is 6. The molecule has 0 saturated carbocycles. The predicted molar refractivity (Wildman–Crippen MR) is 284 cm³/mol. The highest BCUT2D eigenvalue weighted by Gasteiger charge is 2.19. The van der Waals surface area contributed by atoms with Crippen molar-refractivity contribution in [3.63, 3.8) is 0 Å². The van der Waals surface area contributed by atoms with Crippen LogP contribution in [0, 0.1) is 0 Å². The number of carbonyl (C=O) groups excluding carboxylic acids is 3. The molecule has 0 aliphatic rings. The fourth-order valence-corrected chi connectivity index (χ4v) is 7.50. The second-order valence-electron chi connectivity index (χ2n) is 18.1. The first kappa shape index (κ1) is 62.6. The molecule has 0 rings (SSSR count). The molecule has 0 aromatic rings. The zero-order chi connectivity index (χ0) is 47.9. The first-order valence-electron chi connectivity index (χ1n) is 27.6. The molecule has 0 N–H and O–H groups in total. The molecule has 0 aromatic heterocycles. The Kier molecular flexibility index (Phi) is 51.4. The smallest absolute Gasteiger partial charge is 0.306 e. The fraction of sp³-hybridized carbons (Fsp3) is 0.717. The quantitative estimate of drug-likeness (QED) is 0.0262. The van der Waals surface area contributed by atoms with Crippen molar-refractivity contribution >= 4 is 17.9 Å². The maximum Gasteiger partial charge on any atom is 0.306 e. The maximum atomic E-state index is 12.7. The lowest BCUT2D eigenvalue weighted by atomic mass is 10.0. The van der Waals surface area contributed by atoms with Crippen molar-refractivity contribution in [1.29, 1.82) is 0 Å². The van der Waals surface area contributed by atoms with Crippen LogP contribution < -0.4 is 0 Å². The lowest BCUT2D eigenvalue weighted by molar-refractivity contribution is -0.167. The second kappa shape index (κ2) is 54.2. The lowest BCUT2D eigenvalue weighted by Gasteiger charge is -2.18. The van der Waals surface area contributed by atoms with Gasteiger partial charge < -0.3 is 14.2 Å². The summed E-state index contributed by atoms with van der Waals surface area (Å²) in [4.78, 5) is 37.7. The highest BCUT2D eigenvalue weighted by molar-refractivity contribution is 5.71. The average Bonchev–Trinajstić information content (AvgIpc) is 3.31. The number of carbonyl (C=O) groups is 3. The molecule has 0 saturated heterocycles. The Hall–Kier alpha value is -3.41. The summed E-state index contributed by atoms with van der Waals surface area (Å²) < 4.78 is 16.7. The molecule has 0 heterocycles. The van der Waals surface area contributed by atoms with Gasteiger partial charge >= 0.3 is 17.9 Å². The van der Waals surface area contributed by atoms with Gasteiger partial charge in [0.15, 0.2) is 6.10 Å². The minimum Gasteiger partial charge on any atom is -0.462 e. The molecule has 0 amide bonds. The van der Waals surface area contributed by atoms with Gasteiger partial charge in [-0.05, 0) is 96.3 Å². The molecule has 378 valence electrons. The number of unbranched alkanes of at least 4 members (excludes halogenated alkanes) is 24. The molecule has 0 fully saturated rings. The largest absolute Gasteiger partial charge is 0.462 e. The van der Waals surface area contributed by atoms with E-state index in [0.29, 0.717) is 19.3 Å². The van der Waals surface area contributed by atoms with Gasteiger partial charge in [0.2, 0.25) is 0 Å². The molecular formula is C60H102O6. The molecule has 1 unspecified atom stereocenters. The number of ether oxygens (including phenoxy) is 3. The molecular weight excluding hydrogens is 817 g/mol. The molecule has 6 heteroatoms. The zero-order valence-electron chi connectivity index (χ0n) is 43.2. The van der Waals surface area contributed by atoms with E-state index in [4.69, 9.17) is 14.2 Å². The number of rotatable bonds is 49. The van der Waals surface area contributed by atoms with Gasteiger partial charge in [-0.2, -0.15) is 0 Å². The third kappa shape index (κ3) is 51.6. The van der Waals surface area contributed by atoms with E-state index in [9.17, 15) is 14.4 Å². The van der Waals surface area contributed by atoms with E-state index < -0.39 is 6.10 Å². The van der Waals surface area contributed by atoms with Gasteiger partial charge in [0.05, 0.1) is 0 Å². The summed E-state index contributed by atoms with van der Waals surface area (Å²) in [5.74, 6) is -0.912. The first-order valence-corrected chi connectivity index (χ1v) is 27.6. The Balaban J connectivity index is 4.10. The summed E-state index contributed by atoms with van der Waals surface area (Å²) in [6.45, 7) is 6.41. The van der Waals surface area contributed by atoms with Crippen molar-refractivity contribution in [3.8, 4) is 0 Å². The molecule has 0 aliphatic carbocycles. The summed E-state index contributed by atoms with van der Waals surface area (Å²) in [5, 5.41) is 0. The summed E-state index contributed by atoms with van der Waals surface area (Å²) in [6.07, 6.45) is 70.4. The van der Waals surface area contributed by atoms with Crippen LogP contribution >= 0.6 is 0 Å². The molecule has 0 aromatic carbocycles. The van der Waals surface area contributed by atoms with Crippen LogP contribution in [0.5, 0.6) is 0 Å². The van der Waals surface area contributed by atoms with Crippen LogP contribution in [-0.4, -0.2) is 37.2 Å².